The van der Waals surface area contributed by atoms with Gasteiger partial charge in [-0.2, -0.15) is 5.26 Å². The number of nitriles is 1. The second-order valence-electron chi connectivity index (χ2n) is 5.22. The Morgan fingerprint density at radius 2 is 1.90 bits per heavy atom. The lowest BCUT2D eigenvalue weighted by molar-refractivity contribution is -0.122. The number of rotatable bonds is 3. The zero-order chi connectivity index (χ0) is 15.5. The molecular weight excluding hydrogens is 297 g/mol. The SMILES string of the molecule is CO/C(=C(/C#N)C(=O)C(C)(C)C)c1ccc(Cl)cc1Cl. The van der Waals surface area contributed by atoms with Crippen molar-refractivity contribution in [3.63, 3.8) is 0 Å². The summed E-state index contributed by atoms with van der Waals surface area (Å²) in [5.74, 6) is -0.142. The first-order chi connectivity index (χ1) is 9.22. The molecule has 1 rings (SSSR count). The van der Waals surface area contributed by atoms with Crippen molar-refractivity contribution < 1.29 is 9.53 Å². The molecule has 1 aromatic carbocycles. The molecule has 0 N–H and O–H groups in total. The lowest BCUT2D eigenvalue weighted by Gasteiger charge is -2.18. The van der Waals surface area contributed by atoms with Crippen LogP contribution in [0.25, 0.3) is 5.76 Å². The Morgan fingerprint density at radius 3 is 2.30 bits per heavy atom. The van der Waals surface area contributed by atoms with Crippen LogP contribution in [0.1, 0.15) is 26.3 Å². The Hall–Kier alpha value is -1.50. The summed E-state index contributed by atoms with van der Waals surface area (Å²) in [6, 6.07) is 6.69. The second kappa shape index (κ2) is 6.30. The van der Waals surface area contributed by atoms with Gasteiger partial charge in [0.25, 0.3) is 0 Å². The summed E-state index contributed by atoms with van der Waals surface area (Å²) in [4.78, 5) is 12.3. The van der Waals surface area contributed by atoms with E-state index in [0.717, 1.165) is 0 Å². The van der Waals surface area contributed by atoms with E-state index in [0.29, 0.717) is 15.6 Å². The fourth-order valence-corrected chi connectivity index (χ4v) is 2.09. The molecule has 0 aliphatic carbocycles. The first-order valence-electron chi connectivity index (χ1n) is 5.91. The minimum Gasteiger partial charge on any atom is -0.495 e. The summed E-state index contributed by atoms with van der Waals surface area (Å²) in [7, 11) is 1.40. The van der Waals surface area contributed by atoms with E-state index in [2.05, 4.69) is 0 Å². The molecule has 20 heavy (non-hydrogen) atoms. The Kier molecular flexibility index (Phi) is 5.21. The average molecular weight is 312 g/mol. The normalized spacial score (nSPS) is 12.4. The molecule has 0 unspecified atom stereocenters. The molecule has 0 radical (unpaired) electrons. The largest absolute Gasteiger partial charge is 0.495 e. The number of benzene rings is 1. The van der Waals surface area contributed by atoms with Crippen LogP contribution >= 0.6 is 23.2 Å². The van der Waals surface area contributed by atoms with Gasteiger partial charge in [-0.3, -0.25) is 4.79 Å². The van der Waals surface area contributed by atoms with E-state index in [9.17, 15) is 10.1 Å². The maximum atomic E-state index is 12.3. The van der Waals surface area contributed by atoms with E-state index in [-0.39, 0.29) is 17.1 Å². The van der Waals surface area contributed by atoms with E-state index < -0.39 is 5.41 Å². The molecule has 0 bridgehead atoms. The van der Waals surface area contributed by atoms with Gasteiger partial charge in [0.2, 0.25) is 0 Å². The van der Waals surface area contributed by atoms with E-state index in [1.54, 1.807) is 32.9 Å². The van der Waals surface area contributed by atoms with Crippen LogP contribution in [0.3, 0.4) is 0 Å². The van der Waals surface area contributed by atoms with E-state index in [1.807, 2.05) is 6.07 Å². The number of carbonyl (C=O) groups excluding carboxylic acids is 1. The lowest BCUT2D eigenvalue weighted by atomic mass is 9.85. The molecule has 0 aromatic heterocycles. The van der Waals surface area contributed by atoms with Gasteiger partial charge >= 0.3 is 0 Å². The fourth-order valence-electron chi connectivity index (χ4n) is 1.60. The molecular formula is C15H15Cl2NO2. The van der Waals surface area contributed by atoms with E-state index in [4.69, 9.17) is 27.9 Å². The Morgan fingerprint density at radius 1 is 1.30 bits per heavy atom. The summed E-state index contributed by atoms with van der Waals surface area (Å²) < 4.78 is 5.24. The highest BCUT2D eigenvalue weighted by atomic mass is 35.5. The Labute approximate surface area is 128 Å². The molecule has 3 nitrogen and oxygen atoms in total. The molecule has 0 spiro atoms. The third-order valence-electron chi connectivity index (χ3n) is 2.63. The van der Waals surface area contributed by atoms with Crippen LogP contribution in [0.4, 0.5) is 0 Å². The van der Waals surface area contributed by atoms with Crippen LogP contribution in [-0.4, -0.2) is 12.9 Å². The number of ketones is 1. The number of Topliss-reactive ketones (excluding diaryl/α,β-unsaturated/α-hetero) is 1. The first kappa shape index (κ1) is 16.6. The minimum absolute atomic E-state index is 0.0516. The van der Waals surface area contributed by atoms with Crippen LogP contribution in [0.2, 0.25) is 10.0 Å². The highest BCUT2D eigenvalue weighted by Crippen LogP contribution is 2.32. The van der Waals surface area contributed by atoms with Crippen LogP contribution in [0, 0.1) is 16.7 Å². The number of carbonyl (C=O) groups is 1. The van der Waals surface area contributed by atoms with Crippen molar-refractivity contribution in [2.75, 3.05) is 7.11 Å². The van der Waals surface area contributed by atoms with E-state index >= 15 is 0 Å². The smallest absolute Gasteiger partial charge is 0.182 e. The molecule has 0 aliphatic heterocycles. The molecule has 0 fully saturated rings. The summed E-state index contributed by atoms with van der Waals surface area (Å²) in [6.45, 7) is 5.22. The highest BCUT2D eigenvalue weighted by Gasteiger charge is 2.29. The first-order valence-corrected chi connectivity index (χ1v) is 6.66. The molecule has 0 heterocycles. The van der Waals surface area contributed by atoms with Crippen LogP contribution < -0.4 is 0 Å². The molecule has 0 atom stereocenters. The van der Waals surface area contributed by atoms with Crippen molar-refractivity contribution in [1.82, 2.24) is 0 Å². The minimum atomic E-state index is -0.687. The average Bonchev–Trinajstić information content (AvgIpc) is 2.35. The topological polar surface area (TPSA) is 50.1 Å². The summed E-state index contributed by atoms with van der Waals surface area (Å²) in [6.07, 6.45) is 0. The maximum absolute atomic E-state index is 12.3. The quantitative estimate of drug-likeness (QED) is 0.469. The van der Waals surface area contributed by atoms with Gasteiger partial charge in [-0.1, -0.05) is 44.0 Å². The second-order valence-corrected chi connectivity index (χ2v) is 6.07. The van der Waals surface area contributed by atoms with Gasteiger partial charge in [0, 0.05) is 16.0 Å². The van der Waals surface area contributed by atoms with Crippen molar-refractivity contribution in [3.05, 3.63) is 39.4 Å². The molecule has 0 aliphatic rings. The number of halogens is 2. The van der Waals surface area contributed by atoms with Gasteiger partial charge in [0.15, 0.2) is 5.78 Å². The fraction of sp³-hybridized carbons (Fsp3) is 0.333. The number of methoxy groups -OCH3 is 1. The zero-order valence-electron chi connectivity index (χ0n) is 11.8. The third-order valence-corrected chi connectivity index (χ3v) is 3.17. The highest BCUT2D eigenvalue weighted by molar-refractivity contribution is 6.35. The third kappa shape index (κ3) is 3.53. The van der Waals surface area contributed by atoms with Crippen molar-refractivity contribution >= 4 is 34.7 Å². The Balaban J connectivity index is 3.52. The summed E-state index contributed by atoms with van der Waals surface area (Å²) in [5, 5.41) is 10.1. The van der Waals surface area contributed by atoms with Crippen molar-refractivity contribution in [2.24, 2.45) is 5.41 Å². The lowest BCUT2D eigenvalue weighted by Crippen LogP contribution is -2.22. The molecule has 106 valence electrons. The van der Waals surface area contributed by atoms with Crippen LogP contribution in [-0.2, 0) is 9.53 Å². The maximum Gasteiger partial charge on any atom is 0.182 e. The zero-order valence-corrected chi connectivity index (χ0v) is 13.3. The number of nitrogens with zero attached hydrogens (tertiary/aromatic N) is 1. The summed E-state index contributed by atoms with van der Waals surface area (Å²) in [5.41, 5.74) is -0.273. The van der Waals surface area contributed by atoms with Crippen molar-refractivity contribution in [1.29, 1.82) is 5.26 Å². The van der Waals surface area contributed by atoms with Crippen LogP contribution in [0.15, 0.2) is 23.8 Å². The van der Waals surface area contributed by atoms with Crippen molar-refractivity contribution in [3.8, 4) is 6.07 Å². The van der Waals surface area contributed by atoms with Gasteiger partial charge in [0.05, 0.1) is 12.1 Å². The van der Waals surface area contributed by atoms with E-state index in [1.165, 1.54) is 13.2 Å². The molecule has 5 heteroatoms. The van der Waals surface area contributed by atoms with Gasteiger partial charge in [0.1, 0.15) is 17.4 Å². The Bertz CT molecular complexity index is 607. The predicted octanol–water partition coefficient (Wildman–Crippen LogP) is 4.49. The monoisotopic (exact) mass is 311 g/mol. The van der Waals surface area contributed by atoms with Gasteiger partial charge in [-0.05, 0) is 18.2 Å². The van der Waals surface area contributed by atoms with Gasteiger partial charge in [-0.25, -0.2) is 0 Å². The number of allylic oxidation sites excluding steroid dienone is 1. The molecule has 1 aromatic rings. The number of ether oxygens (including phenoxy) is 1. The number of hydrogen-bond acceptors (Lipinski definition) is 3. The van der Waals surface area contributed by atoms with Crippen molar-refractivity contribution in [2.45, 2.75) is 20.8 Å². The predicted molar refractivity (Wildman–Crippen MR) is 80.5 cm³/mol. The molecule has 0 saturated heterocycles. The van der Waals surface area contributed by atoms with Crippen LogP contribution in [0.5, 0.6) is 0 Å². The molecule has 0 amide bonds. The summed E-state index contributed by atoms with van der Waals surface area (Å²) >= 11 is 11.9. The number of hydrogen-bond donors (Lipinski definition) is 0. The van der Waals surface area contributed by atoms with Gasteiger partial charge < -0.3 is 4.74 Å². The van der Waals surface area contributed by atoms with Gasteiger partial charge in [-0.15, -0.1) is 0 Å². The molecule has 0 saturated carbocycles. The standard InChI is InChI=1S/C15H15Cl2NO2/c1-15(2,3)14(19)11(8-18)13(20-4)10-6-5-9(16)7-12(10)17/h5-7H,1-4H3/b13-11-.